The van der Waals surface area contributed by atoms with Crippen molar-refractivity contribution in [2.75, 3.05) is 5.75 Å². The van der Waals surface area contributed by atoms with Gasteiger partial charge in [-0.05, 0) is 25.1 Å². The van der Waals surface area contributed by atoms with E-state index in [0.717, 1.165) is 11.8 Å². The molecule has 0 unspecified atom stereocenters. The Bertz CT molecular complexity index is 610. The molecule has 0 fully saturated rings. The number of aromatic nitrogens is 3. The number of hydrogen-bond donors (Lipinski definition) is 1. The standard InChI is InChI=1S/C11H9Cl2N3O2S/c1-6-14-15-11(19-5-10(17)18)16(6)9-3-7(12)2-8(13)4-9/h2-4H,5H2,1H3,(H,17,18). The van der Waals surface area contributed by atoms with Crippen LogP contribution in [0.25, 0.3) is 5.69 Å². The van der Waals surface area contributed by atoms with Crippen LogP contribution in [0, 0.1) is 6.92 Å². The minimum atomic E-state index is -0.915. The van der Waals surface area contributed by atoms with Crippen LogP contribution in [-0.2, 0) is 4.79 Å². The van der Waals surface area contributed by atoms with Crippen LogP contribution < -0.4 is 0 Å². The van der Waals surface area contributed by atoms with Crippen molar-refractivity contribution in [1.82, 2.24) is 14.8 Å². The van der Waals surface area contributed by atoms with E-state index in [9.17, 15) is 4.79 Å². The van der Waals surface area contributed by atoms with Crippen LogP contribution in [0.4, 0.5) is 0 Å². The molecular formula is C11H9Cl2N3O2S. The van der Waals surface area contributed by atoms with Gasteiger partial charge >= 0.3 is 5.97 Å². The molecule has 0 radical (unpaired) electrons. The Kier molecular flexibility index (Phi) is 4.34. The quantitative estimate of drug-likeness (QED) is 0.878. The van der Waals surface area contributed by atoms with Crippen LogP contribution >= 0.6 is 35.0 Å². The minimum Gasteiger partial charge on any atom is -0.481 e. The Morgan fingerprint density at radius 2 is 1.95 bits per heavy atom. The number of carbonyl (C=O) groups is 1. The molecule has 0 aliphatic heterocycles. The van der Waals surface area contributed by atoms with Crippen molar-refractivity contribution in [1.29, 1.82) is 0 Å². The van der Waals surface area contributed by atoms with Gasteiger partial charge < -0.3 is 5.11 Å². The second kappa shape index (κ2) is 5.81. The van der Waals surface area contributed by atoms with Gasteiger partial charge in [0.25, 0.3) is 0 Å². The molecule has 0 aliphatic rings. The number of thioether (sulfide) groups is 1. The molecule has 0 saturated heterocycles. The van der Waals surface area contributed by atoms with Crippen molar-refractivity contribution in [3.8, 4) is 5.69 Å². The molecule has 0 saturated carbocycles. The number of hydrogen-bond acceptors (Lipinski definition) is 4. The first-order valence-corrected chi connectivity index (χ1v) is 6.94. The van der Waals surface area contributed by atoms with Crippen LogP contribution in [0.15, 0.2) is 23.4 Å². The lowest BCUT2D eigenvalue weighted by atomic mass is 10.3. The number of carboxylic acid groups (broad SMARTS) is 1. The van der Waals surface area contributed by atoms with E-state index >= 15 is 0 Å². The molecule has 0 aliphatic carbocycles. The predicted molar refractivity (Wildman–Crippen MR) is 74.5 cm³/mol. The van der Waals surface area contributed by atoms with Gasteiger partial charge in [0, 0.05) is 10.0 Å². The first kappa shape index (κ1) is 14.2. The van der Waals surface area contributed by atoms with Gasteiger partial charge in [-0.3, -0.25) is 9.36 Å². The normalized spacial score (nSPS) is 10.7. The van der Waals surface area contributed by atoms with Gasteiger partial charge in [-0.15, -0.1) is 10.2 Å². The van der Waals surface area contributed by atoms with Crippen molar-refractivity contribution in [2.24, 2.45) is 0 Å². The minimum absolute atomic E-state index is 0.0908. The topological polar surface area (TPSA) is 68.0 Å². The number of rotatable bonds is 4. The Labute approximate surface area is 123 Å². The average molecular weight is 318 g/mol. The molecule has 1 aromatic heterocycles. The summed E-state index contributed by atoms with van der Waals surface area (Å²) in [6, 6.07) is 5.06. The van der Waals surface area contributed by atoms with Gasteiger partial charge in [-0.1, -0.05) is 35.0 Å². The fourth-order valence-electron chi connectivity index (χ4n) is 1.53. The van der Waals surface area contributed by atoms with Crippen molar-refractivity contribution < 1.29 is 9.90 Å². The van der Waals surface area contributed by atoms with Crippen LogP contribution in [0.5, 0.6) is 0 Å². The SMILES string of the molecule is Cc1nnc(SCC(=O)O)n1-c1cc(Cl)cc(Cl)c1. The number of halogens is 2. The van der Waals surface area contributed by atoms with Crippen LogP contribution in [0.3, 0.4) is 0 Å². The lowest BCUT2D eigenvalue weighted by molar-refractivity contribution is -0.133. The molecule has 1 aromatic carbocycles. The van der Waals surface area contributed by atoms with Crippen molar-refractivity contribution in [3.05, 3.63) is 34.1 Å². The summed E-state index contributed by atoms with van der Waals surface area (Å²) >= 11 is 13.0. The summed E-state index contributed by atoms with van der Waals surface area (Å²) in [6.45, 7) is 1.77. The maximum atomic E-state index is 10.6. The summed E-state index contributed by atoms with van der Waals surface area (Å²) in [5, 5.41) is 18.1. The van der Waals surface area contributed by atoms with Gasteiger partial charge in [0.2, 0.25) is 0 Å². The molecule has 0 amide bonds. The lowest BCUT2D eigenvalue weighted by Crippen LogP contribution is -2.03. The van der Waals surface area contributed by atoms with Crippen molar-refractivity contribution >= 4 is 40.9 Å². The van der Waals surface area contributed by atoms with Crippen molar-refractivity contribution in [2.45, 2.75) is 12.1 Å². The van der Waals surface area contributed by atoms with E-state index in [1.807, 2.05) is 0 Å². The largest absolute Gasteiger partial charge is 0.481 e. The highest BCUT2D eigenvalue weighted by atomic mass is 35.5. The summed E-state index contributed by atoms with van der Waals surface area (Å²) in [5.74, 6) is -0.376. The third kappa shape index (κ3) is 3.40. The highest BCUT2D eigenvalue weighted by Crippen LogP contribution is 2.26. The predicted octanol–water partition coefficient (Wildman–Crippen LogP) is 3.06. The number of carboxylic acids is 1. The summed E-state index contributed by atoms with van der Waals surface area (Å²) in [7, 11) is 0. The van der Waals surface area contributed by atoms with E-state index in [1.165, 1.54) is 0 Å². The fraction of sp³-hybridized carbons (Fsp3) is 0.182. The van der Waals surface area contributed by atoms with Gasteiger partial charge in [0.1, 0.15) is 5.82 Å². The Morgan fingerprint density at radius 3 is 2.53 bits per heavy atom. The van der Waals surface area contributed by atoms with E-state index in [-0.39, 0.29) is 5.75 Å². The zero-order chi connectivity index (χ0) is 14.0. The number of benzene rings is 1. The maximum Gasteiger partial charge on any atom is 0.313 e. The molecule has 8 heteroatoms. The molecule has 1 heterocycles. The smallest absolute Gasteiger partial charge is 0.313 e. The fourth-order valence-corrected chi connectivity index (χ4v) is 2.76. The van der Waals surface area contributed by atoms with Gasteiger partial charge in [0.15, 0.2) is 5.16 Å². The zero-order valence-corrected chi connectivity index (χ0v) is 12.1. The van der Waals surface area contributed by atoms with Crippen LogP contribution in [-0.4, -0.2) is 31.6 Å². The molecule has 0 spiro atoms. The van der Waals surface area contributed by atoms with Gasteiger partial charge in [-0.25, -0.2) is 0 Å². The van der Waals surface area contributed by atoms with E-state index in [2.05, 4.69) is 10.2 Å². The van der Waals surface area contributed by atoms with E-state index in [4.69, 9.17) is 28.3 Å². The first-order chi connectivity index (χ1) is 8.97. The van der Waals surface area contributed by atoms with Gasteiger partial charge in [0.05, 0.1) is 11.4 Å². The average Bonchev–Trinajstić information content (AvgIpc) is 2.66. The molecule has 2 aromatic rings. The van der Waals surface area contributed by atoms with Crippen molar-refractivity contribution in [3.63, 3.8) is 0 Å². The second-order valence-corrected chi connectivity index (χ2v) is 5.49. The third-order valence-electron chi connectivity index (χ3n) is 2.23. The highest BCUT2D eigenvalue weighted by molar-refractivity contribution is 7.99. The summed E-state index contributed by atoms with van der Waals surface area (Å²) in [5.41, 5.74) is 0.702. The van der Waals surface area contributed by atoms with Crippen LogP contribution in [0.2, 0.25) is 10.0 Å². The van der Waals surface area contributed by atoms with E-state index in [1.54, 1.807) is 29.7 Å². The summed E-state index contributed by atoms with van der Waals surface area (Å²) in [6.07, 6.45) is 0. The molecule has 0 atom stereocenters. The Balaban J connectivity index is 2.43. The molecule has 19 heavy (non-hydrogen) atoms. The number of aliphatic carboxylic acids is 1. The molecule has 100 valence electrons. The number of nitrogens with zero attached hydrogens (tertiary/aromatic N) is 3. The highest BCUT2D eigenvalue weighted by Gasteiger charge is 2.13. The third-order valence-corrected chi connectivity index (χ3v) is 3.58. The van der Waals surface area contributed by atoms with Gasteiger partial charge in [-0.2, -0.15) is 0 Å². The van der Waals surface area contributed by atoms with Crippen LogP contribution in [0.1, 0.15) is 5.82 Å². The monoisotopic (exact) mass is 317 g/mol. The van der Waals surface area contributed by atoms with E-state index in [0.29, 0.717) is 26.7 Å². The number of aryl methyl sites for hydroxylation is 1. The maximum absolute atomic E-state index is 10.6. The molecule has 0 bridgehead atoms. The molecule has 5 nitrogen and oxygen atoms in total. The second-order valence-electron chi connectivity index (χ2n) is 3.68. The Hall–Kier alpha value is -1.24. The summed E-state index contributed by atoms with van der Waals surface area (Å²) in [4.78, 5) is 10.6. The zero-order valence-electron chi connectivity index (χ0n) is 9.80. The molecule has 1 N–H and O–H groups in total. The first-order valence-electron chi connectivity index (χ1n) is 5.20. The van der Waals surface area contributed by atoms with E-state index < -0.39 is 5.97 Å². The molecular weight excluding hydrogens is 309 g/mol. The molecule has 2 rings (SSSR count). The summed E-state index contributed by atoms with van der Waals surface area (Å²) < 4.78 is 1.71. The lowest BCUT2D eigenvalue weighted by Gasteiger charge is -2.08. The Morgan fingerprint density at radius 1 is 1.32 bits per heavy atom.